The Morgan fingerprint density at radius 1 is 0.896 bits per heavy atom. The summed E-state index contributed by atoms with van der Waals surface area (Å²) in [6, 6.07) is 8.27. The number of thioether (sulfide) groups is 1. The number of piperazine rings is 1. The number of nitrogens with two attached hydrogens (primary N) is 2. The molecule has 356 valence electrons. The van der Waals surface area contributed by atoms with Crippen molar-refractivity contribution in [1.29, 1.82) is 0 Å². The number of thiazole rings is 1. The van der Waals surface area contributed by atoms with Crippen molar-refractivity contribution < 1.29 is 29.0 Å². The van der Waals surface area contributed by atoms with Gasteiger partial charge >= 0.3 is 0 Å². The van der Waals surface area contributed by atoms with Gasteiger partial charge in [-0.15, -0.1) is 23.1 Å². The molecule has 2 aromatic carbocycles. The van der Waals surface area contributed by atoms with Crippen LogP contribution in [0.1, 0.15) is 92.8 Å². The van der Waals surface area contributed by atoms with Crippen LogP contribution in [0.25, 0.3) is 22.1 Å². The standard InChI is InChI=1S/C46H59N13O6S2/c1-8-31-39(67-28(6)49-31)43(63)53-46-50-32-22-29(40(47)60)24-35(65-20-12-13-55-16-18-56(19-17-55)44(64)26(3)4)37(32)57(46)14-10-11-15-58-38-33(23-30(41(48)61)25-36(38)66-7)51-45(58)52-42(62)34-21-27(5)54-59(34)9-2/h10-11,21-26,43,63H,8-9,12-20H2,1-7H3,(H2,47,60)(H2,48,61)(H,50,53)(H,51,52,62)/b11-10+. The Morgan fingerprint density at radius 3 is 2.16 bits per heavy atom. The van der Waals surface area contributed by atoms with E-state index >= 15 is 0 Å². The van der Waals surface area contributed by atoms with Gasteiger partial charge in [-0.1, -0.05) is 32.9 Å². The lowest BCUT2D eigenvalue weighted by atomic mass is 10.1. The summed E-state index contributed by atoms with van der Waals surface area (Å²) < 4.78 is 11.8. The molecule has 21 heteroatoms. The molecule has 4 aromatic heterocycles. The molecule has 5 heterocycles. The molecule has 67 heavy (non-hydrogen) atoms. The van der Waals surface area contributed by atoms with E-state index in [2.05, 4.69) is 25.6 Å². The van der Waals surface area contributed by atoms with Crippen molar-refractivity contribution in [3.63, 3.8) is 0 Å². The first-order chi connectivity index (χ1) is 32.1. The fraction of sp³-hybridized carbons (Fsp3) is 0.435. The molecule has 0 aliphatic carbocycles. The first-order valence-electron chi connectivity index (χ1n) is 22.4. The molecule has 1 fully saturated rings. The van der Waals surface area contributed by atoms with Gasteiger partial charge in [0, 0.05) is 74.3 Å². The molecule has 7 N–H and O–H groups in total. The molecule has 0 radical (unpaired) electrons. The maximum atomic E-state index is 13.8. The van der Waals surface area contributed by atoms with Crippen molar-refractivity contribution in [2.75, 3.05) is 56.2 Å². The van der Waals surface area contributed by atoms with Gasteiger partial charge in [-0.3, -0.25) is 34.1 Å². The number of aliphatic hydroxyl groups is 1. The van der Waals surface area contributed by atoms with Crippen LogP contribution in [-0.4, -0.2) is 118 Å². The maximum Gasteiger partial charge on any atom is 0.276 e. The number of imidazole rings is 2. The minimum absolute atomic E-state index is 0.0363. The largest absolute Gasteiger partial charge is 0.491 e. The van der Waals surface area contributed by atoms with E-state index in [4.69, 9.17) is 26.2 Å². The van der Waals surface area contributed by atoms with Gasteiger partial charge in [0.25, 0.3) is 5.91 Å². The van der Waals surface area contributed by atoms with Crippen LogP contribution in [0.15, 0.2) is 47.4 Å². The number of amides is 4. The second-order valence-corrected chi connectivity index (χ2v) is 18.7. The van der Waals surface area contributed by atoms with Crippen LogP contribution < -0.4 is 26.8 Å². The molecule has 7 rings (SSSR count). The average molecular weight is 954 g/mol. The Kier molecular flexibility index (Phi) is 15.3. The van der Waals surface area contributed by atoms with Crippen molar-refractivity contribution >= 4 is 80.7 Å². The first kappa shape index (κ1) is 48.6. The highest BCUT2D eigenvalue weighted by Crippen LogP contribution is 2.35. The quantitative estimate of drug-likeness (QED) is 0.0281. The van der Waals surface area contributed by atoms with E-state index < -0.39 is 23.9 Å². The van der Waals surface area contributed by atoms with Crippen molar-refractivity contribution in [2.45, 2.75) is 85.1 Å². The number of hydrogen-bond donors (Lipinski definition) is 5. The number of allylic oxidation sites excluding steroid dienone is 2. The first-order valence-corrected chi connectivity index (χ1v) is 24.4. The lowest BCUT2D eigenvalue weighted by molar-refractivity contribution is -0.136. The summed E-state index contributed by atoms with van der Waals surface area (Å²) in [6.07, 6.45) is 5.89. The van der Waals surface area contributed by atoms with Gasteiger partial charge in [0.05, 0.1) is 44.4 Å². The van der Waals surface area contributed by atoms with Crippen LogP contribution in [-0.2, 0) is 30.8 Å². The van der Waals surface area contributed by atoms with Crippen LogP contribution in [0.2, 0.25) is 0 Å². The van der Waals surface area contributed by atoms with E-state index in [1.165, 1.54) is 23.1 Å². The number of nitrogens with one attached hydrogen (secondary N) is 2. The monoisotopic (exact) mass is 953 g/mol. The van der Waals surface area contributed by atoms with Gasteiger partial charge in [-0.25, -0.2) is 15.0 Å². The number of primary amides is 2. The number of ether oxygens (including phenoxy) is 1. The lowest BCUT2D eigenvalue weighted by Crippen LogP contribution is -2.50. The number of fused-ring (bicyclic) bond motifs is 2. The van der Waals surface area contributed by atoms with Gasteiger partial charge in [-0.2, -0.15) is 5.10 Å². The number of aryl methyl sites for hydroxylation is 4. The van der Waals surface area contributed by atoms with E-state index in [0.717, 1.165) is 35.2 Å². The third-order valence-electron chi connectivity index (χ3n) is 11.5. The Balaban J connectivity index is 1.21. The summed E-state index contributed by atoms with van der Waals surface area (Å²) in [5.74, 6) is -0.538. The number of aromatic nitrogens is 7. The van der Waals surface area contributed by atoms with Gasteiger partial charge in [0.2, 0.25) is 29.6 Å². The Morgan fingerprint density at radius 2 is 1.54 bits per heavy atom. The van der Waals surface area contributed by atoms with E-state index in [1.54, 1.807) is 35.0 Å². The lowest BCUT2D eigenvalue weighted by Gasteiger charge is -2.35. The van der Waals surface area contributed by atoms with Crippen molar-refractivity contribution in [3.8, 4) is 5.75 Å². The molecule has 1 atom stereocenters. The van der Waals surface area contributed by atoms with E-state index in [1.807, 2.05) is 74.0 Å². The van der Waals surface area contributed by atoms with Crippen LogP contribution in [0.4, 0.5) is 11.9 Å². The average Bonchev–Trinajstić information content (AvgIpc) is 4.07. The number of nitrogens with zero attached hydrogens (tertiary/aromatic N) is 9. The summed E-state index contributed by atoms with van der Waals surface area (Å²) in [7, 11) is 0. The third-order valence-corrected chi connectivity index (χ3v) is 13.4. The second-order valence-electron chi connectivity index (χ2n) is 16.6. The van der Waals surface area contributed by atoms with E-state index in [0.29, 0.717) is 94.7 Å². The highest BCUT2D eigenvalue weighted by atomic mass is 32.2. The van der Waals surface area contributed by atoms with Crippen LogP contribution in [0.3, 0.4) is 0 Å². The molecule has 1 aliphatic rings. The topological polar surface area (TPSA) is 247 Å². The van der Waals surface area contributed by atoms with E-state index in [-0.39, 0.29) is 36.4 Å². The van der Waals surface area contributed by atoms with Gasteiger partial charge in [0.1, 0.15) is 17.0 Å². The molecule has 1 saturated heterocycles. The minimum atomic E-state index is -1.15. The zero-order valence-corrected chi connectivity index (χ0v) is 40.6. The molecule has 0 bridgehead atoms. The normalized spacial score (nSPS) is 13.9. The number of benzene rings is 2. The molecule has 6 aromatic rings. The van der Waals surface area contributed by atoms with Crippen LogP contribution in [0.5, 0.6) is 5.75 Å². The molecular weight excluding hydrogens is 895 g/mol. The number of rotatable bonds is 20. The van der Waals surface area contributed by atoms with Gasteiger partial charge in [-0.05, 0) is 70.2 Å². The van der Waals surface area contributed by atoms with Crippen molar-refractivity contribution in [2.24, 2.45) is 17.4 Å². The molecule has 4 amide bonds. The zero-order valence-electron chi connectivity index (χ0n) is 39.0. The molecule has 19 nitrogen and oxygen atoms in total. The Bertz CT molecular complexity index is 2830. The van der Waals surface area contributed by atoms with Crippen molar-refractivity contribution in [3.05, 3.63) is 80.6 Å². The summed E-state index contributed by atoms with van der Waals surface area (Å²) in [5, 5.41) is 23.1. The fourth-order valence-electron chi connectivity index (χ4n) is 8.23. The summed E-state index contributed by atoms with van der Waals surface area (Å²) >= 11 is 2.82. The predicted octanol–water partition coefficient (Wildman–Crippen LogP) is 5.34. The number of aliphatic hydroxyl groups excluding tert-OH is 1. The molecule has 0 spiro atoms. The summed E-state index contributed by atoms with van der Waals surface area (Å²) in [6.45, 7) is 16.4. The van der Waals surface area contributed by atoms with Crippen molar-refractivity contribution in [1.82, 2.24) is 43.7 Å². The minimum Gasteiger partial charge on any atom is -0.491 e. The maximum absolute atomic E-state index is 13.8. The molecular formula is C46H59N13O6S2. The molecule has 1 aliphatic heterocycles. The number of carbonyl (C=O) groups is 4. The number of anilines is 2. The SMILES string of the molecule is CCc1nc(C)sc1C(O)Nc1nc2cc(C(N)=O)cc(OCCCN3CCN(C(=O)C(C)C)CC3)c2n1C/C=C/Cn1c(NC(=O)c2cc(C)nn2CC)nc2cc(C(N)=O)cc(SC)c21. The third kappa shape index (κ3) is 10.8. The van der Waals surface area contributed by atoms with Crippen LogP contribution >= 0.6 is 23.1 Å². The van der Waals surface area contributed by atoms with E-state index in [9.17, 15) is 24.3 Å². The number of carbonyl (C=O) groups excluding carboxylic acids is 4. The highest BCUT2D eigenvalue weighted by Gasteiger charge is 2.26. The smallest absolute Gasteiger partial charge is 0.276 e. The van der Waals surface area contributed by atoms with Crippen LogP contribution in [0, 0.1) is 19.8 Å². The summed E-state index contributed by atoms with van der Waals surface area (Å²) in [5.41, 5.74) is 16.1. The Labute approximate surface area is 396 Å². The second kappa shape index (κ2) is 21.1. The van der Waals surface area contributed by atoms with Gasteiger partial charge in [0.15, 0.2) is 6.23 Å². The fourth-order valence-corrected chi connectivity index (χ4v) is 9.84. The zero-order chi connectivity index (χ0) is 48.1. The number of hydrogen-bond acceptors (Lipinski definition) is 14. The van der Waals surface area contributed by atoms with Gasteiger partial charge < -0.3 is 40.7 Å². The Hall–Kier alpha value is -6.29. The molecule has 0 saturated carbocycles. The predicted molar refractivity (Wildman–Crippen MR) is 261 cm³/mol. The highest BCUT2D eigenvalue weighted by molar-refractivity contribution is 7.98. The molecule has 1 unspecified atom stereocenters. The summed E-state index contributed by atoms with van der Waals surface area (Å²) in [4.78, 5) is 71.2.